The lowest BCUT2D eigenvalue weighted by Gasteiger charge is -2.27. The highest BCUT2D eigenvalue weighted by atomic mass is 16.7. The van der Waals surface area contributed by atoms with Crippen molar-refractivity contribution in [2.24, 2.45) is 0 Å². The number of amides is 3. The van der Waals surface area contributed by atoms with Crippen LogP contribution >= 0.6 is 0 Å². The Labute approximate surface area is 220 Å². The third-order valence-electron chi connectivity index (χ3n) is 6.30. The molecule has 1 atom stereocenters. The van der Waals surface area contributed by atoms with Crippen molar-refractivity contribution in [2.45, 2.75) is 51.6 Å². The van der Waals surface area contributed by atoms with Gasteiger partial charge in [0.2, 0.25) is 18.6 Å². The molecule has 0 aromatic heterocycles. The van der Waals surface area contributed by atoms with Crippen molar-refractivity contribution in [1.29, 1.82) is 0 Å². The molecule has 2 aromatic carbocycles. The number of carboxylic acids is 1. The number of unbranched alkanes of at least 4 members (excludes halogenated alkanes) is 3. The maximum absolute atomic E-state index is 13.4. The molecular weight excluding hydrogens is 492 g/mol. The molecule has 3 amide bonds. The number of rotatable bonds is 12. The summed E-state index contributed by atoms with van der Waals surface area (Å²) in [6.07, 6.45) is 5.69. The molecule has 0 unspecified atom stereocenters. The zero-order chi connectivity index (χ0) is 27.1. The van der Waals surface area contributed by atoms with Crippen molar-refractivity contribution < 1.29 is 38.5 Å². The topological polar surface area (TPSA) is 123 Å². The molecule has 1 saturated heterocycles. The number of carbonyl (C=O) groups is 4. The molecule has 2 aliphatic heterocycles. The number of carboxylic acid groups (broad SMARTS) is 1. The van der Waals surface area contributed by atoms with Crippen LogP contribution in [0.15, 0.2) is 54.6 Å². The average molecular weight is 523 g/mol. The molecule has 0 aliphatic carbocycles. The highest BCUT2D eigenvalue weighted by Crippen LogP contribution is 2.34. The first-order valence-corrected chi connectivity index (χ1v) is 12.6. The van der Waals surface area contributed by atoms with Gasteiger partial charge < -0.3 is 24.2 Å². The Balaban J connectivity index is 1.50. The van der Waals surface area contributed by atoms with Gasteiger partial charge in [0.05, 0.1) is 18.7 Å². The monoisotopic (exact) mass is 522 g/mol. The fourth-order valence-electron chi connectivity index (χ4n) is 4.36. The van der Waals surface area contributed by atoms with Crippen LogP contribution < -0.4 is 19.1 Å². The SMILES string of the molecule is CCCCCCOc1ccc(N2C(=O)C[C@@H](N(Cc3ccc4c(c3)OCO4)C(=O)/C=C/C(=O)O)C2=O)cc1. The number of aliphatic carboxylic acids is 1. The van der Waals surface area contributed by atoms with Crippen molar-refractivity contribution in [3.05, 3.63) is 60.2 Å². The minimum atomic E-state index is -1.30. The average Bonchev–Trinajstić information content (AvgIpc) is 3.49. The van der Waals surface area contributed by atoms with Gasteiger partial charge in [-0.15, -0.1) is 0 Å². The van der Waals surface area contributed by atoms with E-state index < -0.39 is 29.7 Å². The van der Waals surface area contributed by atoms with Gasteiger partial charge in [-0.2, -0.15) is 0 Å². The summed E-state index contributed by atoms with van der Waals surface area (Å²) in [5, 5.41) is 8.98. The summed E-state index contributed by atoms with van der Waals surface area (Å²) < 4.78 is 16.5. The molecule has 1 N–H and O–H groups in total. The van der Waals surface area contributed by atoms with E-state index in [0.717, 1.165) is 36.7 Å². The second-order valence-electron chi connectivity index (χ2n) is 9.02. The van der Waals surface area contributed by atoms with E-state index in [1.165, 1.54) is 4.90 Å². The lowest BCUT2D eigenvalue weighted by molar-refractivity contribution is -0.135. The van der Waals surface area contributed by atoms with E-state index in [0.29, 0.717) is 41.2 Å². The van der Waals surface area contributed by atoms with Crippen LogP contribution in [0.25, 0.3) is 0 Å². The Morgan fingerprint density at radius 2 is 1.82 bits per heavy atom. The second-order valence-corrected chi connectivity index (χ2v) is 9.02. The summed E-state index contributed by atoms with van der Waals surface area (Å²) >= 11 is 0. The molecule has 0 radical (unpaired) electrons. The lowest BCUT2D eigenvalue weighted by atomic mass is 10.1. The molecule has 0 saturated carbocycles. The highest BCUT2D eigenvalue weighted by Gasteiger charge is 2.44. The predicted molar refractivity (Wildman–Crippen MR) is 137 cm³/mol. The summed E-state index contributed by atoms with van der Waals surface area (Å²) in [6.45, 7) is 2.77. The first kappa shape index (κ1) is 26.7. The van der Waals surface area contributed by atoms with Gasteiger partial charge in [0, 0.05) is 18.7 Å². The van der Waals surface area contributed by atoms with Crippen LogP contribution in [0.5, 0.6) is 17.2 Å². The number of nitrogens with zero attached hydrogens (tertiary/aromatic N) is 2. The first-order chi connectivity index (χ1) is 18.4. The Morgan fingerprint density at radius 1 is 1.05 bits per heavy atom. The lowest BCUT2D eigenvalue weighted by Crippen LogP contribution is -2.44. The minimum Gasteiger partial charge on any atom is -0.494 e. The quantitative estimate of drug-likeness (QED) is 0.255. The van der Waals surface area contributed by atoms with E-state index in [9.17, 15) is 19.2 Å². The van der Waals surface area contributed by atoms with Crippen LogP contribution in [0.2, 0.25) is 0 Å². The summed E-state index contributed by atoms with van der Waals surface area (Å²) in [7, 11) is 0. The number of imide groups is 1. The maximum atomic E-state index is 13.4. The molecule has 0 spiro atoms. The van der Waals surface area contributed by atoms with Crippen molar-refractivity contribution in [3.8, 4) is 17.2 Å². The number of ether oxygens (including phenoxy) is 3. The highest BCUT2D eigenvalue weighted by molar-refractivity contribution is 6.23. The van der Waals surface area contributed by atoms with Gasteiger partial charge in [0.25, 0.3) is 5.91 Å². The van der Waals surface area contributed by atoms with Gasteiger partial charge >= 0.3 is 5.97 Å². The fraction of sp³-hybridized carbons (Fsp3) is 0.357. The molecule has 10 heteroatoms. The van der Waals surface area contributed by atoms with Gasteiger partial charge in [-0.05, 0) is 48.4 Å². The molecule has 2 aliphatic rings. The molecule has 200 valence electrons. The standard InChI is InChI=1S/C28H30N2O8/c1-2-3-4-5-14-36-21-9-7-20(8-10-21)30-26(32)16-22(28(30)35)29(25(31)12-13-27(33)34)17-19-6-11-23-24(15-19)38-18-37-23/h6-13,15,22H,2-5,14,16-18H2,1H3,(H,33,34)/b13-12+/t22-/m1/s1. The molecule has 10 nitrogen and oxygen atoms in total. The minimum absolute atomic E-state index is 0.0399. The Hall–Kier alpha value is -4.34. The normalized spacial score (nSPS) is 16.3. The largest absolute Gasteiger partial charge is 0.494 e. The molecule has 2 aromatic rings. The van der Waals surface area contributed by atoms with Gasteiger partial charge in [-0.1, -0.05) is 32.3 Å². The van der Waals surface area contributed by atoms with Gasteiger partial charge in [-0.3, -0.25) is 14.4 Å². The van der Waals surface area contributed by atoms with E-state index >= 15 is 0 Å². The Bertz CT molecular complexity index is 1220. The zero-order valence-corrected chi connectivity index (χ0v) is 21.1. The van der Waals surface area contributed by atoms with Crippen LogP contribution in [0.3, 0.4) is 0 Å². The predicted octanol–water partition coefficient (Wildman–Crippen LogP) is 3.68. The van der Waals surface area contributed by atoms with E-state index in [1.807, 2.05) is 0 Å². The number of hydrogen-bond acceptors (Lipinski definition) is 7. The van der Waals surface area contributed by atoms with E-state index in [-0.39, 0.29) is 19.8 Å². The van der Waals surface area contributed by atoms with E-state index in [2.05, 4.69) is 6.92 Å². The van der Waals surface area contributed by atoms with Crippen molar-refractivity contribution in [2.75, 3.05) is 18.3 Å². The van der Waals surface area contributed by atoms with E-state index in [4.69, 9.17) is 19.3 Å². The van der Waals surface area contributed by atoms with Crippen LogP contribution in [-0.4, -0.2) is 53.1 Å². The van der Waals surface area contributed by atoms with Crippen LogP contribution in [0.4, 0.5) is 5.69 Å². The Kier molecular flexibility index (Phi) is 8.62. The van der Waals surface area contributed by atoms with Crippen molar-refractivity contribution >= 4 is 29.4 Å². The second kappa shape index (κ2) is 12.3. The molecule has 38 heavy (non-hydrogen) atoms. The summed E-state index contributed by atoms with van der Waals surface area (Å²) in [6, 6.07) is 10.7. The zero-order valence-electron chi connectivity index (χ0n) is 21.1. The smallest absolute Gasteiger partial charge is 0.328 e. The number of carbonyl (C=O) groups excluding carboxylic acids is 3. The maximum Gasteiger partial charge on any atom is 0.328 e. The molecule has 1 fully saturated rings. The third-order valence-corrected chi connectivity index (χ3v) is 6.30. The van der Waals surface area contributed by atoms with Crippen LogP contribution in [0.1, 0.15) is 44.6 Å². The molecule has 4 rings (SSSR count). The summed E-state index contributed by atoms with van der Waals surface area (Å²) in [4.78, 5) is 52.6. The van der Waals surface area contributed by atoms with E-state index in [1.54, 1.807) is 42.5 Å². The number of anilines is 1. The number of benzene rings is 2. The summed E-state index contributed by atoms with van der Waals surface area (Å²) in [5.41, 5.74) is 1.00. The van der Waals surface area contributed by atoms with Crippen molar-refractivity contribution in [3.63, 3.8) is 0 Å². The van der Waals surface area contributed by atoms with Gasteiger partial charge in [0.1, 0.15) is 11.8 Å². The van der Waals surface area contributed by atoms with Crippen LogP contribution in [-0.2, 0) is 25.7 Å². The molecule has 0 bridgehead atoms. The van der Waals surface area contributed by atoms with Gasteiger partial charge in [-0.25, -0.2) is 9.69 Å². The Morgan fingerprint density at radius 3 is 2.55 bits per heavy atom. The first-order valence-electron chi connectivity index (χ1n) is 12.6. The van der Waals surface area contributed by atoms with Crippen LogP contribution in [0, 0.1) is 0 Å². The number of fused-ring (bicyclic) bond motifs is 1. The third kappa shape index (κ3) is 6.31. The fourth-order valence-corrected chi connectivity index (χ4v) is 4.36. The number of hydrogen-bond donors (Lipinski definition) is 1. The molecule has 2 heterocycles. The van der Waals surface area contributed by atoms with Gasteiger partial charge in [0.15, 0.2) is 11.5 Å². The van der Waals surface area contributed by atoms with Crippen molar-refractivity contribution in [1.82, 2.24) is 4.90 Å². The summed E-state index contributed by atoms with van der Waals surface area (Å²) in [5.74, 6) is -1.34. The molecular formula is C28H30N2O8.